The Morgan fingerprint density at radius 3 is 2.20 bits per heavy atom. The summed E-state index contributed by atoms with van der Waals surface area (Å²) >= 11 is 1.33. The fourth-order valence-corrected chi connectivity index (χ4v) is 9.20. The Morgan fingerprint density at radius 1 is 0.840 bits per heavy atom. The number of carbonyl (C=O) groups is 6. The minimum absolute atomic E-state index is 0.0319. The molecule has 274 valence electrons. The number of hydrogen-bond donors (Lipinski definition) is 4. The van der Waals surface area contributed by atoms with Crippen molar-refractivity contribution in [2.24, 2.45) is 17.3 Å². The smallest absolute Gasteiger partial charge is 0.289 e. The van der Waals surface area contributed by atoms with E-state index in [4.69, 9.17) is 0 Å². The predicted molar refractivity (Wildman–Crippen MR) is 190 cm³/mol. The van der Waals surface area contributed by atoms with E-state index in [1.807, 2.05) is 11.4 Å². The maximum atomic E-state index is 14.7. The fraction of sp³-hybridized carbons (Fsp3) is 0.737. The van der Waals surface area contributed by atoms with Crippen LogP contribution in [0.4, 0.5) is 0 Å². The number of thiophene rings is 1. The van der Waals surface area contributed by atoms with Crippen LogP contribution in [0.15, 0.2) is 17.5 Å². The van der Waals surface area contributed by atoms with Crippen molar-refractivity contribution in [1.29, 1.82) is 0 Å². The van der Waals surface area contributed by atoms with Crippen molar-refractivity contribution in [3.05, 3.63) is 22.4 Å². The van der Waals surface area contributed by atoms with E-state index in [0.29, 0.717) is 30.7 Å². The summed E-state index contributed by atoms with van der Waals surface area (Å²) < 4.78 is 0. The van der Waals surface area contributed by atoms with Crippen LogP contribution < -0.4 is 21.3 Å². The van der Waals surface area contributed by atoms with E-state index < -0.39 is 47.2 Å². The highest BCUT2D eigenvalue weighted by atomic mass is 32.1. The van der Waals surface area contributed by atoms with Gasteiger partial charge in [0.05, 0.1) is 10.9 Å². The van der Waals surface area contributed by atoms with Gasteiger partial charge in [-0.2, -0.15) is 0 Å². The molecule has 0 spiro atoms. The van der Waals surface area contributed by atoms with Crippen LogP contribution >= 0.6 is 11.3 Å². The number of ketones is 1. The molecule has 12 heteroatoms. The van der Waals surface area contributed by atoms with Gasteiger partial charge in [-0.3, -0.25) is 28.8 Å². The van der Waals surface area contributed by atoms with Crippen LogP contribution in [-0.4, -0.2) is 77.0 Å². The molecule has 4 saturated carbocycles. The molecular weight excluding hydrogens is 655 g/mol. The number of nitrogens with zero attached hydrogens (tertiary/aromatic N) is 1. The monoisotopic (exact) mass is 709 g/mol. The molecule has 50 heavy (non-hydrogen) atoms. The van der Waals surface area contributed by atoms with Crippen molar-refractivity contribution in [2.45, 2.75) is 153 Å². The average molecular weight is 710 g/mol. The predicted octanol–water partition coefficient (Wildman–Crippen LogP) is 4.40. The third-order valence-corrected chi connectivity index (χ3v) is 12.9. The van der Waals surface area contributed by atoms with Gasteiger partial charge in [0.25, 0.3) is 11.8 Å². The Morgan fingerprint density at radius 2 is 1.56 bits per heavy atom. The number of carbonyl (C=O) groups excluding carboxylic acids is 6. The van der Waals surface area contributed by atoms with Crippen LogP contribution in [0, 0.1) is 17.3 Å². The van der Waals surface area contributed by atoms with Gasteiger partial charge in [-0.05, 0) is 86.5 Å². The van der Waals surface area contributed by atoms with Crippen LogP contribution in [0.5, 0.6) is 0 Å². The van der Waals surface area contributed by atoms with Gasteiger partial charge >= 0.3 is 0 Å². The van der Waals surface area contributed by atoms with Gasteiger partial charge in [-0.1, -0.05) is 70.8 Å². The van der Waals surface area contributed by atoms with Crippen LogP contribution in [0.1, 0.15) is 132 Å². The largest absolute Gasteiger partial charge is 0.347 e. The molecule has 6 rings (SSSR count). The molecule has 0 bridgehead atoms. The van der Waals surface area contributed by atoms with Gasteiger partial charge in [0, 0.05) is 12.6 Å². The van der Waals surface area contributed by atoms with Crippen LogP contribution in [0.3, 0.4) is 0 Å². The van der Waals surface area contributed by atoms with Crippen molar-refractivity contribution >= 4 is 46.7 Å². The number of Topliss-reactive ketones (excluding diaryl/α,β-unsaturated/α-hetero) is 1. The lowest BCUT2D eigenvalue weighted by Gasteiger charge is -2.43. The number of likely N-dealkylation sites (tertiary alicyclic amines) is 1. The van der Waals surface area contributed by atoms with Crippen LogP contribution in [-0.2, 0) is 24.0 Å². The summed E-state index contributed by atoms with van der Waals surface area (Å²) in [5, 5.41) is 13.7. The Labute approximate surface area is 299 Å². The summed E-state index contributed by atoms with van der Waals surface area (Å²) in [5.74, 6) is -2.37. The number of hydrogen-bond acceptors (Lipinski definition) is 7. The third kappa shape index (κ3) is 8.77. The van der Waals surface area contributed by atoms with Gasteiger partial charge in [0.15, 0.2) is 0 Å². The van der Waals surface area contributed by atoms with Crippen LogP contribution in [0.2, 0.25) is 0 Å². The molecule has 11 nitrogen and oxygen atoms in total. The van der Waals surface area contributed by atoms with E-state index in [2.05, 4.69) is 28.2 Å². The zero-order valence-electron chi connectivity index (χ0n) is 29.5. The first-order chi connectivity index (χ1) is 24.1. The molecule has 1 aromatic heterocycles. The third-order valence-electron chi connectivity index (χ3n) is 12.1. The van der Waals surface area contributed by atoms with Crippen molar-refractivity contribution < 1.29 is 28.8 Å². The lowest BCUT2D eigenvalue weighted by Crippen LogP contribution is -2.63. The molecule has 4 aliphatic carbocycles. The van der Waals surface area contributed by atoms with E-state index in [0.717, 1.165) is 96.3 Å². The summed E-state index contributed by atoms with van der Waals surface area (Å²) in [6.45, 7) is 2.43. The Hall–Kier alpha value is -3.28. The molecule has 0 radical (unpaired) electrons. The molecule has 0 aromatic carbocycles. The maximum Gasteiger partial charge on any atom is 0.289 e. The number of amides is 5. The van der Waals surface area contributed by atoms with Crippen molar-refractivity contribution in [3.63, 3.8) is 0 Å². The molecule has 5 amide bonds. The van der Waals surface area contributed by atoms with Gasteiger partial charge in [-0.15, -0.1) is 11.3 Å². The molecule has 4 N–H and O–H groups in total. The highest BCUT2D eigenvalue weighted by Gasteiger charge is 2.48. The molecule has 4 atom stereocenters. The van der Waals surface area contributed by atoms with E-state index in [1.165, 1.54) is 11.3 Å². The Kier molecular flexibility index (Phi) is 12.0. The maximum absolute atomic E-state index is 14.7. The normalized spacial score (nSPS) is 24.3. The quantitative estimate of drug-likeness (QED) is 0.210. The molecule has 5 fully saturated rings. The van der Waals surface area contributed by atoms with E-state index in [9.17, 15) is 28.8 Å². The molecular formula is C38H55N5O6S. The molecule has 1 saturated heterocycles. The summed E-state index contributed by atoms with van der Waals surface area (Å²) in [7, 11) is 0. The lowest BCUT2D eigenvalue weighted by atomic mass is 9.69. The molecule has 2 heterocycles. The second kappa shape index (κ2) is 16.4. The van der Waals surface area contributed by atoms with Gasteiger partial charge in [0.1, 0.15) is 18.1 Å². The highest BCUT2D eigenvalue weighted by Crippen LogP contribution is 2.41. The SMILES string of the molecule is CC1([C@H](NC(=O)[C@@H](NC(=O)c2cccs2)C2CCCCC2)C(=O)N2CCC[C@H]2C(=O)NC(CC2CCC2)C(=O)C(=O)NC2CC2)CCCCC1. The van der Waals surface area contributed by atoms with Crippen molar-refractivity contribution in [3.8, 4) is 0 Å². The fourth-order valence-electron chi connectivity index (χ4n) is 8.57. The molecule has 1 unspecified atom stereocenters. The van der Waals surface area contributed by atoms with Crippen LogP contribution in [0.25, 0.3) is 0 Å². The summed E-state index contributed by atoms with van der Waals surface area (Å²) in [6, 6.07) is 0.210. The molecule has 5 aliphatic rings. The number of rotatable bonds is 14. The summed E-state index contributed by atoms with van der Waals surface area (Å²) in [6.07, 6.45) is 15.4. The van der Waals surface area contributed by atoms with Crippen molar-refractivity contribution in [1.82, 2.24) is 26.2 Å². The average Bonchev–Trinajstić information content (AvgIpc) is 3.51. The Balaban J connectivity index is 1.20. The lowest BCUT2D eigenvalue weighted by molar-refractivity contribution is -0.146. The van der Waals surface area contributed by atoms with Gasteiger partial charge in [0.2, 0.25) is 23.5 Å². The highest BCUT2D eigenvalue weighted by molar-refractivity contribution is 7.12. The minimum Gasteiger partial charge on any atom is -0.347 e. The second-order valence-electron chi connectivity index (χ2n) is 15.9. The first-order valence-corrected chi connectivity index (χ1v) is 20.1. The standard InChI is InChI=1S/C38H55N5O6S/c1-38(19-6-3-7-20-38)32(42-35(47)30(25-13-4-2-5-14-25)41-34(46)29-16-10-22-50-29)37(49)43-21-9-15-28(43)33(45)40-27(23-24-11-8-12-24)31(44)36(48)39-26-17-18-26/h10,16,22,24-28,30,32H,2-9,11-15,17-21,23H2,1H3,(H,39,48)(H,40,45)(H,41,46)(H,42,47)/t27?,28-,30-,32+/m0/s1. The topological polar surface area (TPSA) is 154 Å². The van der Waals surface area contributed by atoms with Gasteiger partial charge in [-0.25, -0.2) is 0 Å². The van der Waals surface area contributed by atoms with E-state index in [1.54, 1.807) is 11.0 Å². The zero-order chi connectivity index (χ0) is 35.3. The Bertz CT molecular complexity index is 1400. The summed E-state index contributed by atoms with van der Waals surface area (Å²) in [4.78, 5) is 84.4. The van der Waals surface area contributed by atoms with Gasteiger partial charge < -0.3 is 26.2 Å². The van der Waals surface area contributed by atoms with Crippen molar-refractivity contribution in [2.75, 3.05) is 6.54 Å². The second-order valence-corrected chi connectivity index (χ2v) is 16.8. The molecule has 1 aliphatic heterocycles. The molecule has 1 aromatic rings. The number of nitrogens with one attached hydrogen (secondary N) is 4. The first-order valence-electron chi connectivity index (χ1n) is 19.2. The minimum atomic E-state index is -0.932. The van der Waals surface area contributed by atoms with E-state index >= 15 is 0 Å². The summed E-state index contributed by atoms with van der Waals surface area (Å²) in [5.41, 5.74) is -0.521. The zero-order valence-corrected chi connectivity index (χ0v) is 30.3. The van der Waals surface area contributed by atoms with E-state index in [-0.39, 0.29) is 35.6 Å². The first kappa shape index (κ1) is 36.5.